The highest BCUT2D eigenvalue weighted by Gasteiger charge is 2.24. The van der Waals surface area contributed by atoms with Crippen molar-refractivity contribution in [2.45, 2.75) is 6.54 Å². The first-order chi connectivity index (χ1) is 15.8. The minimum Gasteiger partial charge on any atom is -0.492 e. The van der Waals surface area contributed by atoms with Crippen LogP contribution in [0.2, 0.25) is 0 Å². The molecule has 3 heterocycles. The molecule has 4 aromatic rings. The van der Waals surface area contributed by atoms with Crippen LogP contribution >= 0.6 is 0 Å². The number of fused-ring (bicyclic) bond motifs is 3. The van der Waals surface area contributed by atoms with Crippen LogP contribution in [0.5, 0.6) is 11.5 Å². The molecule has 0 spiro atoms. The highest BCUT2D eigenvalue weighted by molar-refractivity contribution is 6.17. The third-order valence-corrected chi connectivity index (χ3v) is 6.87. The van der Waals surface area contributed by atoms with Gasteiger partial charge in [0, 0.05) is 43.7 Å². The van der Waals surface area contributed by atoms with Crippen molar-refractivity contribution in [3.8, 4) is 22.6 Å². The minimum absolute atomic E-state index is 0.693. The van der Waals surface area contributed by atoms with E-state index >= 15 is 0 Å². The van der Waals surface area contributed by atoms with E-state index in [0.29, 0.717) is 13.2 Å². The number of likely N-dealkylation sites (N-methyl/N-ethyl adjacent to an activating group) is 1. The number of hydrogen-bond donors (Lipinski definition) is 0. The quantitative estimate of drug-likeness (QED) is 0.470. The molecule has 0 bridgehead atoms. The Balaban J connectivity index is 1.43. The Labute approximate surface area is 188 Å². The summed E-state index contributed by atoms with van der Waals surface area (Å²) in [7, 11) is 2.19. The average molecular weight is 428 g/mol. The highest BCUT2D eigenvalue weighted by Crippen LogP contribution is 2.44. The topological polar surface area (TPSA) is 29.9 Å². The van der Waals surface area contributed by atoms with Crippen molar-refractivity contribution in [1.29, 1.82) is 0 Å². The second-order valence-corrected chi connectivity index (χ2v) is 8.85. The zero-order valence-electron chi connectivity index (χ0n) is 18.6. The molecule has 1 saturated heterocycles. The number of piperazine rings is 1. The van der Waals surface area contributed by atoms with Crippen LogP contribution in [0.25, 0.3) is 32.9 Å². The fourth-order valence-corrected chi connectivity index (χ4v) is 5.14. The maximum Gasteiger partial charge on any atom is 0.143 e. The van der Waals surface area contributed by atoms with Gasteiger partial charge < -0.3 is 18.9 Å². The van der Waals surface area contributed by atoms with E-state index in [1.165, 1.54) is 32.9 Å². The highest BCUT2D eigenvalue weighted by atomic mass is 16.5. The number of para-hydroxylation sites is 1. The first-order valence-corrected chi connectivity index (χ1v) is 11.6. The Hall–Kier alpha value is -3.02. The zero-order chi connectivity index (χ0) is 21.5. The Kier molecular flexibility index (Phi) is 5.01. The second-order valence-electron chi connectivity index (χ2n) is 8.85. The second kappa shape index (κ2) is 8.15. The number of benzene rings is 3. The maximum atomic E-state index is 6.46. The fraction of sp³-hybridized carbons (Fsp3) is 0.333. The SMILES string of the molecule is CN1CCN(CCOc2ccc(-c3ccccc3)c3c2c2cccc4c2n3CCO4)CC1. The molecule has 0 amide bonds. The van der Waals surface area contributed by atoms with E-state index < -0.39 is 0 Å². The van der Waals surface area contributed by atoms with E-state index in [4.69, 9.17) is 9.47 Å². The summed E-state index contributed by atoms with van der Waals surface area (Å²) in [6.07, 6.45) is 0. The molecule has 2 aliphatic rings. The van der Waals surface area contributed by atoms with Crippen LogP contribution in [0.15, 0.2) is 60.7 Å². The standard InChI is InChI=1S/C27H29N3O2/c1-28-12-14-29(15-13-28)16-18-31-23-11-10-21(20-6-3-2-4-7-20)27-25(23)22-8-5-9-24-26(22)30(27)17-19-32-24/h2-11H,12-19H2,1H3. The van der Waals surface area contributed by atoms with Gasteiger partial charge in [0.1, 0.15) is 24.7 Å². The lowest BCUT2D eigenvalue weighted by Gasteiger charge is -2.32. The number of nitrogens with zero attached hydrogens (tertiary/aromatic N) is 3. The molecule has 0 aliphatic carbocycles. The van der Waals surface area contributed by atoms with Crippen molar-refractivity contribution < 1.29 is 9.47 Å². The molecule has 1 fully saturated rings. The lowest BCUT2D eigenvalue weighted by molar-refractivity contribution is 0.134. The van der Waals surface area contributed by atoms with Crippen molar-refractivity contribution in [3.05, 3.63) is 60.7 Å². The van der Waals surface area contributed by atoms with E-state index in [1.807, 2.05) is 0 Å². The van der Waals surface area contributed by atoms with Crippen LogP contribution < -0.4 is 9.47 Å². The van der Waals surface area contributed by atoms with E-state index in [9.17, 15) is 0 Å². The van der Waals surface area contributed by atoms with Crippen LogP contribution in [0, 0.1) is 0 Å². The molecule has 2 aliphatic heterocycles. The largest absolute Gasteiger partial charge is 0.492 e. The van der Waals surface area contributed by atoms with Crippen LogP contribution in [0.4, 0.5) is 0 Å². The van der Waals surface area contributed by atoms with Gasteiger partial charge in [-0.2, -0.15) is 0 Å². The normalized spacial score (nSPS) is 17.0. The van der Waals surface area contributed by atoms with Gasteiger partial charge in [-0.15, -0.1) is 0 Å². The Morgan fingerprint density at radius 3 is 2.53 bits per heavy atom. The molecule has 32 heavy (non-hydrogen) atoms. The smallest absolute Gasteiger partial charge is 0.143 e. The van der Waals surface area contributed by atoms with Crippen molar-refractivity contribution in [2.75, 3.05) is 53.0 Å². The maximum absolute atomic E-state index is 6.46. The third-order valence-electron chi connectivity index (χ3n) is 6.87. The molecule has 0 unspecified atom stereocenters. The number of aromatic nitrogens is 1. The van der Waals surface area contributed by atoms with Crippen molar-refractivity contribution >= 4 is 21.8 Å². The van der Waals surface area contributed by atoms with E-state index in [2.05, 4.69) is 82.1 Å². The lowest BCUT2D eigenvalue weighted by Crippen LogP contribution is -2.45. The van der Waals surface area contributed by atoms with E-state index in [0.717, 1.165) is 50.8 Å². The fourth-order valence-electron chi connectivity index (χ4n) is 5.14. The first kappa shape index (κ1) is 19.6. The van der Waals surface area contributed by atoms with E-state index in [-0.39, 0.29) is 0 Å². The lowest BCUT2D eigenvalue weighted by atomic mass is 10.0. The molecular weight excluding hydrogens is 398 g/mol. The summed E-state index contributed by atoms with van der Waals surface area (Å²) in [5, 5.41) is 2.41. The van der Waals surface area contributed by atoms with Gasteiger partial charge in [-0.25, -0.2) is 0 Å². The molecule has 6 rings (SSSR count). The number of ether oxygens (including phenoxy) is 2. The van der Waals surface area contributed by atoms with Crippen LogP contribution in [-0.4, -0.2) is 67.4 Å². The molecule has 5 nitrogen and oxygen atoms in total. The Morgan fingerprint density at radius 1 is 0.844 bits per heavy atom. The third kappa shape index (κ3) is 3.33. The molecule has 5 heteroatoms. The van der Waals surface area contributed by atoms with Crippen LogP contribution in [0.1, 0.15) is 0 Å². The van der Waals surface area contributed by atoms with Gasteiger partial charge in [0.15, 0.2) is 0 Å². The molecule has 0 N–H and O–H groups in total. The molecule has 0 radical (unpaired) electrons. The summed E-state index contributed by atoms with van der Waals surface area (Å²) in [6.45, 7) is 7.69. The summed E-state index contributed by atoms with van der Waals surface area (Å²) in [4.78, 5) is 4.89. The zero-order valence-corrected chi connectivity index (χ0v) is 18.6. The summed E-state index contributed by atoms with van der Waals surface area (Å²) in [6, 6.07) is 21.4. The van der Waals surface area contributed by atoms with Crippen LogP contribution in [0.3, 0.4) is 0 Å². The number of hydrogen-bond acceptors (Lipinski definition) is 4. The molecule has 0 saturated carbocycles. The predicted molar refractivity (Wildman–Crippen MR) is 130 cm³/mol. The molecule has 0 atom stereocenters. The Bertz CT molecular complexity index is 1260. The molecular formula is C27H29N3O2. The Morgan fingerprint density at radius 2 is 1.69 bits per heavy atom. The van der Waals surface area contributed by atoms with Gasteiger partial charge in [-0.3, -0.25) is 4.90 Å². The van der Waals surface area contributed by atoms with Crippen LogP contribution in [-0.2, 0) is 6.54 Å². The summed E-state index contributed by atoms with van der Waals surface area (Å²) in [5.74, 6) is 1.93. The average Bonchev–Trinajstić information content (AvgIpc) is 3.18. The molecule has 1 aromatic heterocycles. The minimum atomic E-state index is 0.693. The van der Waals surface area contributed by atoms with Gasteiger partial charge >= 0.3 is 0 Å². The van der Waals surface area contributed by atoms with Gasteiger partial charge in [-0.1, -0.05) is 42.5 Å². The van der Waals surface area contributed by atoms with Crippen molar-refractivity contribution in [1.82, 2.24) is 14.4 Å². The first-order valence-electron chi connectivity index (χ1n) is 11.6. The van der Waals surface area contributed by atoms with Crippen molar-refractivity contribution in [2.24, 2.45) is 0 Å². The van der Waals surface area contributed by atoms with Gasteiger partial charge in [0.2, 0.25) is 0 Å². The number of rotatable bonds is 5. The summed E-state index contributed by atoms with van der Waals surface area (Å²) < 4.78 is 14.9. The summed E-state index contributed by atoms with van der Waals surface area (Å²) in [5.41, 5.74) is 4.91. The van der Waals surface area contributed by atoms with E-state index in [1.54, 1.807) is 0 Å². The van der Waals surface area contributed by atoms with Gasteiger partial charge in [0.25, 0.3) is 0 Å². The molecule has 3 aromatic carbocycles. The predicted octanol–water partition coefficient (Wildman–Crippen LogP) is 4.48. The molecule has 164 valence electrons. The van der Waals surface area contributed by atoms with Gasteiger partial charge in [0.05, 0.1) is 23.0 Å². The summed E-state index contributed by atoms with van der Waals surface area (Å²) >= 11 is 0. The monoisotopic (exact) mass is 427 g/mol. The van der Waals surface area contributed by atoms with Gasteiger partial charge in [-0.05, 0) is 30.8 Å². The van der Waals surface area contributed by atoms with Crippen molar-refractivity contribution in [3.63, 3.8) is 0 Å².